The van der Waals surface area contributed by atoms with Gasteiger partial charge in [0, 0.05) is 24.2 Å². The van der Waals surface area contributed by atoms with Gasteiger partial charge in [-0.3, -0.25) is 4.68 Å². The van der Waals surface area contributed by atoms with Gasteiger partial charge in [0.05, 0.1) is 36.4 Å². The van der Waals surface area contributed by atoms with Crippen LogP contribution in [0, 0.1) is 0 Å². The lowest BCUT2D eigenvalue weighted by Crippen LogP contribution is -2.09. The monoisotopic (exact) mass is 463 g/mol. The Morgan fingerprint density at radius 2 is 2.06 bits per heavy atom. The van der Waals surface area contributed by atoms with Crippen LogP contribution in [0.1, 0.15) is 21.7 Å². The van der Waals surface area contributed by atoms with E-state index in [4.69, 9.17) is 9.47 Å². The van der Waals surface area contributed by atoms with Gasteiger partial charge in [-0.1, -0.05) is 6.07 Å². The van der Waals surface area contributed by atoms with E-state index in [0.29, 0.717) is 5.69 Å². The molecule has 0 aliphatic heterocycles. The number of hydrogen-bond donors (Lipinski definition) is 0. The summed E-state index contributed by atoms with van der Waals surface area (Å²) in [6.07, 6.45) is 0.312. The van der Waals surface area contributed by atoms with Gasteiger partial charge in [-0.25, -0.2) is 14.5 Å². The standard InChI is InChI=1S/C20H16F3N5O3S/c1-27-8-12(7-24-27)18-25-14(11-32-18)10-31-19(29)17-16(30-2)9-28(26-17)15-5-3-4-13(6-15)20(21,22)23/h3-9,11H,10H2,1-2H3. The molecule has 0 aliphatic carbocycles. The lowest BCUT2D eigenvalue weighted by atomic mass is 10.2. The van der Waals surface area contributed by atoms with Gasteiger partial charge in [-0.15, -0.1) is 11.3 Å². The number of hydrogen-bond acceptors (Lipinski definition) is 7. The van der Waals surface area contributed by atoms with Crippen molar-refractivity contribution in [2.75, 3.05) is 7.11 Å². The van der Waals surface area contributed by atoms with Crippen LogP contribution in [0.4, 0.5) is 13.2 Å². The van der Waals surface area contributed by atoms with E-state index in [2.05, 4.69) is 15.2 Å². The molecule has 0 aliphatic rings. The second kappa shape index (κ2) is 8.46. The Labute approximate surface area is 183 Å². The molecule has 0 spiro atoms. The zero-order valence-electron chi connectivity index (χ0n) is 16.8. The highest BCUT2D eigenvalue weighted by Crippen LogP contribution is 2.31. The number of methoxy groups -OCH3 is 1. The van der Waals surface area contributed by atoms with Gasteiger partial charge in [0.25, 0.3) is 0 Å². The lowest BCUT2D eigenvalue weighted by Gasteiger charge is -2.08. The van der Waals surface area contributed by atoms with Crippen LogP contribution in [0.15, 0.2) is 48.2 Å². The largest absolute Gasteiger partial charge is 0.493 e. The van der Waals surface area contributed by atoms with Crippen molar-refractivity contribution in [3.05, 3.63) is 65.2 Å². The number of ether oxygens (including phenoxy) is 2. The summed E-state index contributed by atoms with van der Waals surface area (Å²) in [5.74, 6) is -0.717. The first kappa shape index (κ1) is 21.6. The summed E-state index contributed by atoms with van der Waals surface area (Å²) in [5, 5.41) is 10.6. The SMILES string of the molecule is COc1cn(-c2cccc(C(F)(F)F)c2)nc1C(=O)OCc1csc(-c2cnn(C)c2)n1. The molecule has 0 bridgehead atoms. The molecule has 166 valence electrons. The average molecular weight is 463 g/mol. The van der Waals surface area contributed by atoms with Crippen LogP contribution in [-0.2, 0) is 24.6 Å². The Hall–Kier alpha value is -3.67. The highest BCUT2D eigenvalue weighted by molar-refractivity contribution is 7.13. The summed E-state index contributed by atoms with van der Waals surface area (Å²) in [4.78, 5) is 17.0. The van der Waals surface area contributed by atoms with Gasteiger partial charge < -0.3 is 9.47 Å². The molecule has 0 atom stereocenters. The van der Waals surface area contributed by atoms with Crippen molar-refractivity contribution in [3.63, 3.8) is 0 Å². The first-order valence-corrected chi connectivity index (χ1v) is 10.0. The first-order valence-electron chi connectivity index (χ1n) is 9.16. The van der Waals surface area contributed by atoms with Crippen molar-refractivity contribution in [3.8, 4) is 22.0 Å². The minimum Gasteiger partial charge on any atom is -0.493 e. The minimum absolute atomic E-state index is 0.0711. The second-order valence-corrected chi connectivity index (χ2v) is 7.52. The molecule has 0 saturated heterocycles. The van der Waals surface area contributed by atoms with E-state index >= 15 is 0 Å². The Bertz CT molecular complexity index is 1260. The average Bonchev–Trinajstić information content (AvgIpc) is 3.50. The van der Waals surface area contributed by atoms with Crippen molar-refractivity contribution in [1.82, 2.24) is 24.5 Å². The van der Waals surface area contributed by atoms with Gasteiger partial charge in [0.1, 0.15) is 11.6 Å². The van der Waals surface area contributed by atoms with E-state index in [9.17, 15) is 18.0 Å². The third-order valence-electron chi connectivity index (χ3n) is 4.39. The highest BCUT2D eigenvalue weighted by Gasteiger charge is 2.31. The molecule has 0 amide bonds. The van der Waals surface area contributed by atoms with Crippen molar-refractivity contribution in [2.45, 2.75) is 12.8 Å². The smallest absolute Gasteiger partial charge is 0.416 e. The fourth-order valence-corrected chi connectivity index (χ4v) is 3.63. The Balaban J connectivity index is 1.50. The van der Waals surface area contributed by atoms with Gasteiger partial charge in [0.15, 0.2) is 5.75 Å². The van der Waals surface area contributed by atoms with Crippen molar-refractivity contribution in [2.24, 2.45) is 7.05 Å². The van der Waals surface area contributed by atoms with E-state index in [1.165, 1.54) is 36.8 Å². The van der Waals surface area contributed by atoms with Crippen LogP contribution in [0.2, 0.25) is 0 Å². The summed E-state index contributed by atoms with van der Waals surface area (Å²) >= 11 is 1.38. The highest BCUT2D eigenvalue weighted by atomic mass is 32.1. The van der Waals surface area contributed by atoms with Gasteiger partial charge in [-0.2, -0.15) is 23.4 Å². The van der Waals surface area contributed by atoms with Crippen molar-refractivity contribution < 1.29 is 27.4 Å². The third kappa shape index (κ3) is 4.49. The molecular weight excluding hydrogens is 447 g/mol. The molecule has 3 aromatic heterocycles. The molecular formula is C20H16F3N5O3S. The fourth-order valence-electron chi connectivity index (χ4n) is 2.85. The summed E-state index contributed by atoms with van der Waals surface area (Å²) in [7, 11) is 3.12. The second-order valence-electron chi connectivity index (χ2n) is 6.66. The number of benzene rings is 1. The number of carbonyl (C=O) groups is 1. The first-order chi connectivity index (χ1) is 15.2. The summed E-state index contributed by atoms with van der Waals surface area (Å²) in [5.41, 5.74) is 0.516. The Morgan fingerprint density at radius 1 is 1.25 bits per heavy atom. The van der Waals surface area contributed by atoms with Crippen LogP contribution in [0.5, 0.6) is 5.75 Å². The summed E-state index contributed by atoms with van der Waals surface area (Å²) in [6, 6.07) is 4.57. The Morgan fingerprint density at radius 3 is 2.75 bits per heavy atom. The van der Waals surface area contributed by atoms with Gasteiger partial charge in [0.2, 0.25) is 5.69 Å². The molecule has 8 nitrogen and oxygen atoms in total. The van der Waals surface area contributed by atoms with Crippen LogP contribution in [0.25, 0.3) is 16.3 Å². The number of aromatic nitrogens is 5. The molecule has 3 heterocycles. The zero-order chi connectivity index (χ0) is 22.9. The molecule has 0 radical (unpaired) electrons. The number of thiazole rings is 1. The molecule has 0 fully saturated rings. The van der Waals surface area contributed by atoms with Gasteiger partial charge >= 0.3 is 12.1 Å². The Kier molecular flexibility index (Phi) is 5.70. The fraction of sp³-hybridized carbons (Fsp3) is 0.200. The molecule has 4 rings (SSSR count). The van der Waals surface area contributed by atoms with Crippen molar-refractivity contribution >= 4 is 17.3 Å². The molecule has 4 aromatic rings. The van der Waals surface area contributed by atoms with E-state index in [0.717, 1.165) is 27.4 Å². The quantitative estimate of drug-likeness (QED) is 0.400. The molecule has 32 heavy (non-hydrogen) atoms. The molecule has 0 N–H and O–H groups in total. The molecule has 1 aromatic carbocycles. The van der Waals surface area contributed by atoms with Crippen LogP contribution in [0.3, 0.4) is 0 Å². The predicted octanol–water partition coefficient (Wildman–Crippen LogP) is 4.11. The summed E-state index contributed by atoms with van der Waals surface area (Å²) in [6.45, 7) is -0.102. The molecule has 12 heteroatoms. The number of carbonyl (C=O) groups excluding carboxylic acids is 1. The number of halogens is 3. The lowest BCUT2D eigenvalue weighted by molar-refractivity contribution is -0.137. The number of alkyl halides is 3. The van der Waals surface area contributed by atoms with Gasteiger partial charge in [-0.05, 0) is 18.2 Å². The molecule has 0 saturated carbocycles. The van der Waals surface area contributed by atoms with E-state index in [1.807, 2.05) is 6.20 Å². The maximum absolute atomic E-state index is 13.0. The van der Waals surface area contributed by atoms with Crippen LogP contribution in [-0.4, -0.2) is 37.6 Å². The van der Waals surface area contributed by atoms with E-state index in [-0.39, 0.29) is 23.7 Å². The number of nitrogens with zero attached hydrogens (tertiary/aromatic N) is 5. The normalized spacial score (nSPS) is 11.5. The van der Waals surface area contributed by atoms with Crippen molar-refractivity contribution in [1.29, 1.82) is 0 Å². The maximum atomic E-state index is 13.0. The van der Waals surface area contributed by atoms with E-state index < -0.39 is 17.7 Å². The van der Waals surface area contributed by atoms with Crippen LogP contribution >= 0.6 is 11.3 Å². The third-order valence-corrected chi connectivity index (χ3v) is 5.33. The predicted molar refractivity (Wildman–Crippen MR) is 109 cm³/mol. The molecule has 0 unspecified atom stereocenters. The van der Waals surface area contributed by atoms with Crippen LogP contribution < -0.4 is 4.74 Å². The van der Waals surface area contributed by atoms with E-state index in [1.54, 1.807) is 23.3 Å². The number of aryl methyl sites for hydroxylation is 1. The topological polar surface area (TPSA) is 84.1 Å². The zero-order valence-corrected chi connectivity index (χ0v) is 17.6. The minimum atomic E-state index is -4.50. The summed E-state index contributed by atoms with van der Waals surface area (Å²) < 4.78 is 52.2. The maximum Gasteiger partial charge on any atom is 0.416 e. The number of rotatable bonds is 6. The number of esters is 1.